The summed E-state index contributed by atoms with van der Waals surface area (Å²) in [5.41, 5.74) is 2.39. The summed E-state index contributed by atoms with van der Waals surface area (Å²) < 4.78 is 0. The number of hydrogen-bond donors (Lipinski definition) is 2. The van der Waals surface area contributed by atoms with Crippen LogP contribution >= 0.6 is 0 Å². The highest BCUT2D eigenvalue weighted by molar-refractivity contribution is 5.99. The van der Waals surface area contributed by atoms with Gasteiger partial charge in [0.2, 0.25) is 0 Å². The number of aromatic nitrogens is 1. The van der Waals surface area contributed by atoms with E-state index < -0.39 is 0 Å². The number of pyridine rings is 1. The molecule has 12 heavy (non-hydrogen) atoms. The first-order valence-corrected chi connectivity index (χ1v) is 3.77. The molecule has 2 N–H and O–H groups in total. The molecule has 0 saturated heterocycles. The Morgan fingerprint density at radius 1 is 1.50 bits per heavy atom. The van der Waals surface area contributed by atoms with Crippen molar-refractivity contribution in [2.45, 2.75) is 6.92 Å². The fourth-order valence-corrected chi connectivity index (χ4v) is 1.25. The van der Waals surface area contributed by atoms with Crippen LogP contribution in [0.4, 0.5) is 5.69 Å². The Hall–Kier alpha value is -1.58. The number of carbonyl (C=O) groups excluding carboxylic acids is 1. The number of amides is 1. The lowest BCUT2D eigenvalue weighted by Crippen LogP contribution is -2.35. The van der Waals surface area contributed by atoms with Crippen molar-refractivity contribution in [3.05, 3.63) is 23.5 Å². The maximum atomic E-state index is 11.2. The number of hydrogen-bond acceptors (Lipinski definition) is 3. The van der Waals surface area contributed by atoms with Gasteiger partial charge in [-0.3, -0.25) is 4.79 Å². The number of rotatable bonds is 0. The van der Waals surface area contributed by atoms with E-state index in [4.69, 9.17) is 0 Å². The smallest absolute Gasteiger partial charge is 0.273 e. The molecule has 0 spiro atoms. The van der Waals surface area contributed by atoms with E-state index in [1.54, 1.807) is 6.20 Å². The summed E-state index contributed by atoms with van der Waals surface area (Å²) in [5.74, 6) is -0.104. The van der Waals surface area contributed by atoms with Crippen LogP contribution < -0.4 is 10.6 Å². The van der Waals surface area contributed by atoms with Gasteiger partial charge in [0.05, 0.1) is 12.4 Å². The molecule has 1 aromatic rings. The van der Waals surface area contributed by atoms with Crippen molar-refractivity contribution in [1.82, 2.24) is 10.3 Å². The number of carbonyl (C=O) groups is 1. The average molecular weight is 163 g/mol. The largest absolute Gasteiger partial charge is 0.366 e. The van der Waals surface area contributed by atoms with Crippen LogP contribution in [0.3, 0.4) is 0 Å². The normalized spacial score (nSPS) is 14.6. The maximum Gasteiger partial charge on any atom is 0.273 e. The summed E-state index contributed by atoms with van der Waals surface area (Å²) >= 11 is 0. The average Bonchev–Trinajstić information content (AvgIpc) is 2.07. The summed E-state index contributed by atoms with van der Waals surface area (Å²) in [7, 11) is 0. The number of aryl methyl sites for hydroxylation is 1. The van der Waals surface area contributed by atoms with E-state index in [2.05, 4.69) is 15.6 Å². The van der Waals surface area contributed by atoms with Crippen LogP contribution in [-0.2, 0) is 0 Å². The van der Waals surface area contributed by atoms with Gasteiger partial charge < -0.3 is 10.6 Å². The molecular formula is C8H9N3O. The molecule has 1 amide bonds. The van der Waals surface area contributed by atoms with Gasteiger partial charge in [0.25, 0.3) is 5.91 Å². The molecule has 0 aromatic carbocycles. The van der Waals surface area contributed by atoms with Crippen LogP contribution in [0.2, 0.25) is 0 Å². The molecule has 1 aliphatic rings. The molecular weight excluding hydrogens is 154 g/mol. The fraction of sp³-hybridized carbons (Fsp3) is 0.250. The van der Waals surface area contributed by atoms with E-state index >= 15 is 0 Å². The first-order chi connectivity index (χ1) is 5.79. The minimum atomic E-state index is -0.104. The lowest BCUT2D eigenvalue weighted by molar-refractivity contribution is 0.0947. The van der Waals surface area contributed by atoms with Crippen LogP contribution in [0.25, 0.3) is 0 Å². The van der Waals surface area contributed by atoms with Crippen LogP contribution in [0, 0.1) is 6.92 Å². The Morgan fingerprint density at radius 2 is 2.33 bits per heavy atom. The van der Waals surface area contributed by atoms with Crippen molar-refractivity contribution in [2.24, 2.45) is 0 Å². The van der Waals surface area contributed by atoms with E-state index in [0.717, 1.165) is 11.3 Å². The van der Waals surface area contributed by atoms with Gasteiger partial charge in [-0.05, 0) is 18.6 Å². The van der Waals surface area contributed by atoms with E-state index in [1.807, 2.05) is 13.0 Å². The van der Waals surface area contributed by atoms with Gasteiger partial charge in [0, 0.05) is 6.20 Å². The van der Waals surface area contributed by atoms with Gasteiger partial charge in [-0.1, -0.05) is 0 Å². The Kier molecular flexibility index (Phi) is 1.46. The van der Waals surface area contributed by atoms with Gasteiger partial charge in [-0.25, -0.2) is 4.98 Å². The summed E-state index contributed by atoms with van der Waals surface area (Å²) in [6.07, 6.45) is 1.64. The lowest BCUT2D eigenvalue weighted by Gasteiger charge is -2.18. The first kappa shape index (κ1) is 7.09. The second kappa shape index (κ2) is 2.48. The van der Waals surface area contributed by atoms with Crippen molar-refractivity contribution in [3.8, 4) is 0 Å². The highest BCUT2D eigenvalue weighted by atomic mass is 16.2. The van der Waals surface area contributed by atoms with Gasteiger partial charge in [-0.15, -0.1) is 0 Å². The third kappa shape index (κ3) is 0.922. The van der Waals surface area contributed by atoms with Crippen molar-refractivity contribution < 1.29 is 4.79 Å². The molecule has 0 bridgehead atoms. The Balaban J connectivity index is 2.59. The van der Waals surface area contributed by atoms with Crippen molar-refractivity contribution in [2.75, 3.05) is 12.0 Å². The van der Waals surface area contributed by atoms with Crippen molar-refractivity contribution >= 4 is 11.6 Å². The predicted molar refractivity (Wildman–Crippen MR) is 44.9 cm³/mol. The minimum absolute atomic E-state index is 0.104. The predicted octanol–water partition coefficient (Wildman–Crippen LogP) is 0.503. The Bertz CT molecular complexity index is 335. The van der Waals surface area contributed by atoms with Crippen LogP contribution in [0.5, 0.6) is 0 Å². The maximum absolute atomic E-state index is 11.2. The molecule has 0 aliphatic carbocycles. The Morgan fingerprint density at radius 3 is 3.08 bits per heavy atom. The molecule has 1 aromatic heterocycles. The molecule has 4 heteroatoms. The number of nitrogens with one attached hydrogen (secondary N) is 2. The fourth-order valence-electron chi connectivity index (χ4n) is 1.25. The molecule has 0 atom stereocenters. The lowest BCUT2D eigenvalue weighted by atomic mass is 10.1. The quantitative estimate of drug-likeness (QED) is 0.585. The van der Waals surface area contributed by atoms with E-state index in [0.29, 0.717) is 12.4 Å². The van der Waals surface area contributed by atoms with Gasteiger partial charge in [-0.2, -0.15) is 0 Å². The van der Waals surface area contributed by atoms with Gasteiger partial charge in [0.15, 0.2) is 5.69 Å². The molecule has 62 valence electrons. The second-order valence-corrected chi connectivity index (χ2v) is 2.71. The summed E-state index contributed by atoms with van der Waals surface area (Å²) in [6, 6.07) is 1.88. The molecule has 0 fully saturated rings. The second-order valence-electron chi connectivity index (χ2n) is 2.71. The van der Waals surface area contributed by atoms with Crippen molar-refractivity contribution in [3.63, 3.8) is 0 Å². The zero-order valence-electron chi connectivity index (χ0n) is 6.72. The molecule has 2 rings (SSSR count). The molecule has 0 unspecified atom stereocenters. The monoisotopic (exact) mass is 163 g/mol. The number of nitrogens with zero attached hydrogens (tertiary/aromatic N) is 1. The van der Waals surface area contributed by atoms with Crippen LogP contribution in [0.15, 0.2) is 12.3 Å². The van der Waals surface area contributed by atoms with Crippen LogP contribution in [0.1, 0.15) is 16.1 Å². The zero-order valence-corrected chi connectivity index (χ0v) is 6.72. The van der Waals surface area contributed by atoms with E-state index in [9.17, 15) is 4.79 Å². The SMILES string of the molecule is Cc1ccnc2c1NCNC2=O. The molecule has 1 aliphatic heterocycles. The summed E-state index contributed by atoms with van der Waals surface area (Å²) in [6.45, 7) is 2.44. The molecule has 0 saturated carbocycles. The number of fused-ring (bicyclic) bond motifs is 1. The standard InChI is InChI=1S/C8H9N3O/c1-5-2-3-9-7-6(5)10-4-11-8(7)12/h2-3,10H,4H2,1H3,(H,11,12). The van der Waals surface area contributed by atoms with Gasteiger partial charge in [0.1, 0.15) is 0 Å². The van der Waals surface area contributed by atoms with Gasteiger partial charge >= 0.3 is 0 Å². The zero-order chi connectivity index (χ0) is 8.55. The highest BCUT2D eigenvalue weighted by Crippen LogP contribution is 2.19. The third-order valence-corrected chi connectivity index (χ3v) is 1.89. The van der Waals surface area contributed by atoms with E-state index in [1.165, 1.54) is 0 Å². The summed E-state index contributed by atoms with van der Waals surface area (Å²) in [4.78, 5) is 15.2. The first-order valence-electron chi connectivity index (χ1n) is 3.77. The minimum Gasteiger partial charge on any atom is -0.366 e. The third-order valence-electron chi connectivity index (χ3n) is 1.89. The Labute approximate surface area is 70.0 Å². The van der Waals surface area contributed by atoms with E-state index in [-0.39, 0.29) is 5.91 Å². The molecule has 0 radical (unpaired) electrons. The topological polar surface area (TPSA) is 54.0 Å². The molecule has 4 nitrogen and oxygen atoms in total. The molecule has 2 heterocycles. The highest BCUT2D eigenvalue weighted by Gasteiger charge is 2.18. The number of anilines is 1. The van der Waals surface area contributed by atoms with Crippen LogP contribution in [-0.4, -0.2) is 17.6 Å². The van der Waals surface area contributed by atoms with Crippen molar-refractivity contribution in [1.29, 1.82) is 0 Å². The summed E-state index contributed by atoms with van der Waals surface area (Å²) in [5, 5.41) is 5.72.